The Bertz CT molecular complexity index is 4560. The molecule has 2 aliphatic rings. The van der Waals surface area contributed by atoms with E-state index >= 15 is 0 Å². The molecule has 0 fully saturated rings. The maximum absolute atomic E-state index is 6.69. The van der Waals surface area contributed by atoms with Crippen LogP contribution in [0.3, 0.4) is 0 Å². The van der Waals surface area contributed by atoms with Crippen LogP contribution in [0.25, 0.3) is 110 Å². The van der Waals surface area contributed by atoms with Crippen LogP contribution in [-0.2, 0) is 5.41 Å². The molecule has 0 aliphatic heterocycles. The summed E-state index contributed by atoms with van der Waals surface area (Å²) < 4.78 is 6.69. The molecule has 1 aromatic heterocycles. The van der Waals surface area contributed by atoms with E-state index in [2.05, 4.69) is 278 Å². The van der Waals surface area contributed by atoms with Crippen LogP contribution < -0.4 is 4.90 Å². The van der Waals surface area contributed by atoms with Gasteiger partial charge in [0, 0.05) is 27.7 Å². The zero-order chi connectivity index (χ0) is 49.2. The molecule has 0 atom stereocenters. The predicted molar refractivity (Wildman–Crippen MR) is 314 cm³/mol. The number of fused-ring (bicyclic) bond motifs is 19. The number of anilines is 3. The molecule has 1 spiro atoms. The summed E-state index contributed by atoms with van der Waals surface area (Å²) >= 11 is 0. The highest BCUT2D eigenvalue weighted by molar-refractivity contribution is 6.26. The van der Waals surface area contributed by atoms with Crippen LogP contribution in [-0.4, -0.2) is 0 Å². The molecule has 0 bridgehead atoms. The molecule has 2 aliphatic carbocycles. The lowest BCUT2D eigenvalue weighted by molar-refractivity contribution is 0.669. The summed E-state index contributed by atoms with van der Waals surface area (Å²) in [6.07, 6.45) is 0. The topological polar surface area (TPSA) is 16.4 Å². The van der Waals surface area contributed by atoms with Crippen molar-refractivity contribution < 1.29 is 4.42 Å². The van der Waals surface area contributed by atoms with E-state index in [0.29, 0.717) is 0 Å². The first-order valence-electron chi connectivity index (χ1n) is 26.0. The highest BCUT2D eigenvalue weighted by Gasteiger charge is 2.52. The molecule has 1 heterocycles. The molecule has 13 aromatic carbocycles. The lowest BCUT2D eigenvalue weighted by Crippen LogP contribution is -2.26. The van der Waals surface area contributed by atoms with Crippen molar-refractivity contribution in [3.05, 3.63) is 295 Å². The average Bonchev–Trinajstić information content (AvgIpc) is 4.30. The van der Waals surface area contributed by atoms with Crippen LogP contribution in [0.2, 0.25) is 0 Å². The zero-order valence-electron chi connectivity index (χ0n) is 40.8. The molecule has 0 saturated carbocycles. The van der Waals surface area contributed by atoms with Gasteiger partial charge in [0.2, 0.25) is 0 Å². The van der Waals surface area contributed by atoms with E-state index in [0.717, 1.165) is 55.7 Å². The van der Waals surface area contributed by atoms with Crippen LogP contribution in [0.1, 0.15) is 22.3 Å². The molecule has 0 unspecified atom stereocenters. The number of nitrogens with zero attached hydrogens (tertiary/aromatic N) is 1. The maximum atomic E-state index is 6.69. The Labute approximate surface area is 434 Å². The third kappa shape index (κ3) is 6.02. The fraction of sp³-hybridized carbons (Fsp3) is 0.0137. The van der Waals surface area contributed by atoms with Crippen LogP contribution in [0.15, 0.2) is 277 Å². The summed E-state index contributed by atoms with van der Waals surface area (Å²) in [7, 11) is 0. The van der Waals surface area contributed by atoms with E-state index in [9.17, 15) is 0 Å². The van der Waals surface area contributed by atoms with Crippen molar-refractivity contribution >= 4 is 71.3 Å². The van der Waals surface area contributed by atoms with E-state index in [1.807, 2.05) is 0 Å². The van der Waals surface area contributed by atoms with E-state index in [1.165, 1.54) is 93.5 Å². The fourth-order valence-corrected chi connectivity index (χ4v) is 13.3. The van der Waals surface area contributed by atoms with Gasteiger partial charge in [0.05, 0.1) is 11.1 Å². The predicted octanol–water partition coefficient (Wildman–Crippen LogP) is 19.9. The van der Waals surface area contributed by atoms with Gasteiger partial charge in [-0.2, -0.15) is 0 Å². The van der Waals surface area contributed by atoms with Gasteiger partial charge in [-0.25, -0.2) is 0 Å². The highest BCUT2D eigenvalue weighted by atomic mass is 16.3. The van der Waals surface area contributed by atoms with Gasteiger partial charge in [0.25, 0.3) is 0 Å². The summed E-state index contributed by atoms with van der Waals surface area (Å²) in [5, 5.41) is 9.67. The Balaban J connectivity index is 1.01. The van der Waals surface area contributed by atoms with E-state index < -0.39 is 5.41 Å². The van der Waals surface area contributed by atoms with Crippen LogP contribution in [0.4, 0.5) is 17.1 Å². The van der Waals surface area contributed by atoms with E-state index in [4.69, 9.17) is 4.42 Å². The minimum absolute atomic E-state index is 0.555. The quantitative estimate of drug-likeness (QED) is 0.154. The number of hydrogen-bond donors (Lipinski definition) is 0. The highest BCUT2D eigenvalue weighted by Crippen LogP contribution is 2.64. The number of hydrogen-bond acceptors (Lipinski definition) is 2. The summed E-state index contributed by atoms with van der Waals surface area (Å²) in [4.78, 5) is 2.53. The molecule has 0 amide bonds. The van der Waals surface area contributed by atoms with E-state index in [-0.39, 0.29) is 0 Å². The molecule has 2 heteroatoms. The Hall–Kier alpha value is -9.76. The number of benzene rings is 13. The van der Waals surface area contributed by atoms with Gasteiger partial charge in [-0.1, -0.05) is 224 Å². The number of para-hydroxylation sites is 1. The SMILES string of the molecule is c1ccc(-c2ccc(-c3ccc(N(c4ccc5c6ccccc6c6ccccc6c5c4)c4cc5c(cc4-c4cccc6oc7ccccc7c46)-c4ccccc4C54c5ccccc5-c5ccccc54)cc3)cc2)cc1. The summed E-state index contributed by atoms with van der Waals surface area (Å²) in [5.41, 5.74) is 21.7. The van der Waals surface area contributed by atoms with Gasteiger partial charge >= 0.3 is 0 Å². The molecule has 2 nitrogen and oxygen atoms in total. The van der Waals surface area contributed by atoms with Crippen molar-refractivity contribution in [2.24, 2.45) is 0 Å². The molecular weight excluding hydrogens is 907 g/mol. The Morgan fingerprint density at radius 1 is 0.253 bits per heavy atom. The lowest BCUT2D eigenvalue weighted by atomic mass is 9.70. The van der Waals surface area contributed by atoms with Crippen LogP contribution in [0, 0.1) is 0 Å². The number of furan rings is 1. The Morgan fingerprint density at radius 2 is 0.693 bits per heavy atom. The Morgan fingerprint density at radius 3 is 1.31 bits per heavy atom. The third-order valence-electron chi connectivity index (χ3n) is 16.5. The second-order valence-electron chi connectivity index (χ2n) is 20.2. The second kappa shape index (κ2) is 16.1. The van der Waals surface area contributed by atoms with Crippen LogP contribution >= 0.6 is 0 Å². The first-order chi connectivity index (χ1) is 37.2. The first kappa shape index (κ1) is 41.8. The van der Waals surface area contributed by atoms with Crippen LogP contribution in [0.5, 0.6) is 0 Å². The molecule has 0 saturated heterocycles. The Kier molecular flexibility index (Phi) is 8.99. The maximum Gasteiger partial charge on any atom is 0.136 e. The summed E-state index contributed by atoms with van der Waals surface area (Å²) in [5.74, 6) is 0. The third-order valence-corrected chi connectivity index (χ3v) is 16.5. The van der Waals surface area contributed by atoms with Crippen molar-refractivity contribution in [3.63, 3.8) is 0 Å². The van der Waals surface area contributed by atoms with Crippen molar-refractivity contribution in [1.82, 2.24) is 0 Å². The normalized spacial score (nSPS) is 12.9. The van der Waals surface area contributed by atoms with Gasteiger partial charge < -0.3 is 9.32 Å². The van der Waals surface area contributed by atoms with Gasteiger partial charge in [0.1, 0.15) is 11.2 Å². The first-order valence-corrected chi connectivity index (χ1v) is 26.0. The molecule has 0 N–H and O–H groups in total. The monoisotopic (exact) mass is 951 g/mol. The number of rotatable bonds is 6. The van der Waals surface area contributed by atoms with Crippen molar-refractivity contribution in [1.29, 1.82) is 0 Å². The van der Waals surface area contributed by atoms with E-state index in [1.54, 1.807) is 0 Å². The molecule has 16 rings (SSSR count). The largest absolute Gasteiger partial charge is 0.456 e. The van der Waals surface area contributed by atoms with Gasteiger partial charge in [-0.15, -0.1) is 0 Å². The summed E-state index contributed by atoms with van der Waals surface area (Å²) in [6.45, 7) is 0. The molecule has 0 radical (unpaired) electrons. The molecule has 14 aromatic rings. The standard InChI is InChI=1S/C73H45NO/c1-2-17-46(18-3-1)47-33-35-48(36-34-47)49-37-39-50(40-38-49)74(51-41-42-56-54-21-5-4-19-52(54)53-20-6-7-22-55(53)62(56)43-51)69-45-68-63(44-64(69)60-27-16-32-71-72(60)61-26-11-15-31-70(61)75-71)59-25-10-14-30-67(59)73(68)65-28-12-8-23-57(65)58-24-9-13-29-66(58)73/h1-45H. The minimum Gasteiger partial charge on any atom is -0.456 e. The van der Waals surface area contributed by atoms with Gasteiger partial charge in [-0.3, -0.25) is 0 Å². The van der Waals surface area contributed by atoms with Crippen molar-refractivity contribution in [2.45, 2.75) is 5.41 Å². The lowest BCUT2D eigenvalue weighted by Gasteiger charge is -2.33. The fourth-order valence-electron chi connectivity index (χ4n) is 13.3. The average molecular weight is 952 g/mol. The van der Waals surface area contributed by atoms with Gasteiger partial charge in [0.15, 0.2) is 0 Å². The van der Waals surface area contributed by atoms with Crippen molar-refractivity contribution in [2.75, 3.05) is 4.90 Å². The molecule has 75 heavy (non-hydrogen) atoms. The minimum atomic E-state index is -0.555. The van der Waals surface area contributed by atoms with Crippen molar-refractivity contribution in [3.8, 4) is 55.6 Å². The smallest absolute Gasteiger partial charge is 0.136 e. The zero-order valence-corrected chi connectivity index (χ0v) is 40.8. The molecular formula is C73H45NO. The summed E-state index contributed by atoms with van der Waals surface area (Å²) in [6, 6.07) is 101. The second-order valence-corrected chi connectivity index (χ2v) is 20.2. The van der Waals surface area contributed by atoms with Gasteiger partial charge in [-0.05, 0) is 153 Å². The molecule has 348 valence electrons.